The maximum atomic E-state index is 15.2. The lowest BCUT2D eigenvalue weighted by atomic mass is 10.0. The summed E-state index contributed by atoms with van der Waals surface area (Å²) in [5.41, 5.74) is 1.85. The van der Waals surface area contributed by atoms with Gasteiger partial charge in [-0.15, -0.1) is 0 Å². The molecule has 0 fully saturated rings. The number of ether oxygens (including phenoxy) is 1. The lowest BCUT2D eigenvalue weighted by Crippen LogP contribution is -2.39. The third-order valence-corrected chi connectivity index (χ3v) is 5.01. The van der Waals surface area contributed by atoms with Crippen molar-refractivity contribution in [3.8, 4) is 11.1 Å². The highest BCUT2D eigenvalue weighted by molar-refractivity contribution is 5.91. The highest BCUT2D eigenvalue weighted by Crippen LogP contribution is 2.32. The lowest BCUT2D eigenvalue weighted by Gasteiger charge is -2.19. The van der Waals surface area contributed by atoms with Crippen LogP contribution in [0.1, 0.15) is 11.3 Å². The first kappa shape index (κ1) is 21.4. The first-order valence-electron chi connectivity index (χ1n) is 9.80. The van der Waals surface area contributed by atoms with Crippen molar-refractivity contribution < 1.29 is 13.5 Å². The monoisotopic (exact) mass is 437 g/mol. The summed E-state index contributed by atoms with van der Waals surface area (Å²) in [5.74, 6) is -4.75. The second-order valence-electron chi connectivity index (χ2n) is 7.31. The Balaban J connectivity index is 1.70. The van der Waals surface area contributed by atoms with Crippen molar-refractivity contribution in [1.82, 2.24) is 24.5 Å². The van der Waals surface area contributed by atoms with Gasteiger partial charge in [-0.25, -0.2) is 0 Å². The average molecular weight is 437 g/mol. The summed E-state index contributed by atoms with van der Waals surface area (Å²) >= 11 is 0. The fraction of sp³-hybridized carbons (Fsp3) is 0.227. The Hall–Kier alpha value is -3.79. The maximum Gasteiger partial charge on any atom is 0.331 e. The zero-order chi connectivity index (χ0) is 22.9. The van der Waals surface area contributed by atoms with Crippen LogP contribution < -0.4 is 5.49 Å². The van der Waals surface area contributed by atoms with Crippen molar-refractivity contribution in [1.29, 1.82) is 10.8 Å². The Morgan fingerprint density at radius 1 is 1.12 bits per heavy atom. The molecular formula is C22H21F2N7O. The summed E-state index contributed by atoms with van der Waals surface area (Å²) in [5, 5.41) is 24.6. The number of nitrogens with one attached hydrogen (secondary N) is 2. The van der Waals surface area contributed by atoms with E-state index < -0.39 is 11.8 Å². The van der Waals surface area contributed by atoms with Crippen LogP contribution in [0.4, 0.5) is 8.78 Å². The molecule has 0 bridgehead atoms. The summed E-state index contributed by atoms with van der Waals surface area (Å²) in [7, 11) is 1.61. The molecule has 8 nitrogen and oxygen atoms in total. The molecular weight excluding hydrogens is 416 g/mol. The number of nitrogens with zero attached hydrogens (tertiary/aromatic N) is 5. The van der Waals surface area contributed by atoms with Gasteiger partial charge in [-0.05, 0) is 37.3 Å². The van der Waals surface area contributed by atoms with Gasteiger partial charge in [0, 0.05) is 41.6 Å². The molecule has 3 aromatic heterocycles. The molecule has 0 saturated carbocycles. The number of benzene rings is 1. The second kappa shape index (κ2) is 8.39. The molecule has 1 aromatic carbocycles. The third-order valence-electron chi connectivity index (χ3n) is 5.01. The molecule has 3 heterocycles. The van der Waals surface area contributed by atoms with Gasteiger partial charge < -0.3 is 4.74 Å². The van der Waals surface area contributed by atoms with Gasteiger partial charge in [0.25, 0.3) is 0 Å². The maximum absolute atomic E-state index is 15.2. The van der Waals surface area contributed by atoms with E-state index in [4.69, 9.17) is 15.6 Å². The third kappa shape index (κ3) is 4.04. The van der Waals surface area contributed by atoms with Gasteiger partial charge in [-0.3, -0.25) is 20.5 Å². The van der Waals surface area contributed by atoms with E-state index in [1.165, 1.54) is 30.3 Å². The van der Waals surface area contributed by atoms with Crippen LogP contribution in [0.15, 0.2) is 55.0 Å². The van der Waals surface area contributed by atoms with Gasteiger partial charge in [-0.2, -0.15) is 23.7 Å². The van der Waals surface area contributed by atoms with Crippen LogP contribution in [-0.2, 0) is 17.2 Å². The molecule has 0 aliphatic carbocycles. The largest absolute Gasteiger partial charge is 0.383 e. The van der Waals surface area contributed by atoms with Gasteiger partial charge in [-0.1, -0.05) is 6.07 Å². The average Bonchev–Trinajstić information content (AvgIpc) is 3.27. The summed E-state index contributed by atoms with van der Waals surface area (Å²) < 4.78 is 37.8. The van der Waals surface area contributed by atoms with Gasteiger partial charge in [0.2, 0.25) is 0 Å². The van der Waals surface area contributed by atoms with E-state index in [9.17, 15) is 0 Å². The minimum Gasteiger partial charge on any atom is -0.383 e. The molecule has 0 unspecified atom stereocenters. The SMILES string of the molecule is COCCn1cc(-c2cnc3ccc(C(F)(F)C(=N)n4nc(C)ccc4=N)cc3c2)cn1. The normalized spacial score (nSPS) is 11.8. The van der Waals surface area contributed by atoms with Gasteiger partial charge in [0.1, 0.15) is 5.49 Å². The van der Waals surface area contributed by atoms with Crippen molar-refractivity contribution in [2.75, 3.05) is 13.7 Å². The standard InChI is InChI=1S/C22H21F2N7O/c1-14-3-6-20(25)31(29-14)21(26)22(23,24)18-4-5-19-15(10-18)9-16(11-27-19)17-12-28-30(13-17)7-8-32-2/h3-6,9-13,25-26H,7-8H2,1-2H3. The first-order chi connectivity index (χ1) is 15.3. The van der Waals surface area contributed by atoms with Gasteiger partial charge in [0.15, 0.2) is 5.84 Å². The Bertz CT molecular complexity index is 1360. The van der Waals surface area contributed by atoms with Crippen LogP contribution in [0.2, 0.25) is 0 Å². The van der Waals surface area contributed by atoms with Gasteiger partial charge in [0.05, 0.1) is 30.6 Å². The molecule has 0 spiro atoms. The summed E-state index contributed by atoms with van der Waals surface area (Å²) in [4.78, 5) is 4.37. The fourth-order valence-corrected chi connectivity index (χ4v) is 3.26. The van der Waals surface area contributed by atoms with Crippen molar-refractivity contribution in [2.45, 2.75) is 19.4 Å². The molecule has 2 N–H and O–H groups in total. The van der Waals surface area contributed by atoms with Crippen molar-refractivity contribution >= 4 is 16.7 Å². The summed E-state index contributed by atoms with van der Waals surface area (Å²) in [6, 6.07) is 8.67. The van der Waals surface area contributed by atoms with E-state index >= 15 is 8.78 Å². The van der Waals surface area contributed by atoms with E-state index in [0.29, 0.717) is 34.4 Å². The number of aromatic nitrogens is 5. The predicted molar refractivity (Wildman–Crippen MR) is 115 cm³/mol. The quantitative estimate of drug-likeness (QED) is 0.356. The Kier molecular flexibility index (Phi) is 5.62. The number of hydrogen-bond acceptors (Lipinski definition) is 6. The van der Waals surface area contributed by atoms with Crippen molar-refractivity contribution in [3.63, 3.8) is 0 Å². The zero-order valence-electron chi connectivity index (χ0n) is 17.5. The highest BCUT2D eigenvalue weighted by atomic mass is 19.3. The first-order valence-corrected chi connectivity index (χ1v) is 9.80. The Morgan fingerprint density at radius 3 is 2.72 bits per heavy atom. The van der Waals surface area contributed by atoms with Crippen LogP contribution >= 0.6 is 0 Å². The molecule has 0 saturated heterocycles. The van der Waals surface area contributed by atoms with Crippen LogP contribution in [0.25, 0.3) is 22.0 Å². The predicted octanol–water partition coefficient (Wildman–Crippen LogP) is 3.35. The van der Waals surface area contributed by atoms with E-state index in [-0.39, 0.29) is 11.1 Å². The van der Waals surface area contributed by atoms with E-state index in [1.807, 2.05) is 6.20 Å². The summed E-state index contributed by atoms with van der Waals surface area (Å²) in [6.07, 6.45) is 5.19. The van der Waals surface area contributed by atoms with Crippen LogP contribution in [-0.4, -0.2) is 44.1 Å². The van der Waals surface area contributed by atoms with Crippen molar-refractivity contribution in [2.24, 2.45) is 0 Å². The van der Waals surface area contributed by atoms with E-state index in [2.05, 4.69) is 15.2 Å². The fourth-order valence-electron chi connectivity index (χ4n) is 3.26. The molecule has 0 aliphatic heterocycles. The molecule has 0 radical (unpaired) electrons. The topological polar surface area (TPSA) is 105 Å². The summed E-state index contributed by atoms with van der Waals surface area (Å²) in [6.45, 7) is 2.73. The molecule has 164 valence electrons. The molecule has 32 heavy (non-hydrogen) atoms. The number of fused-ring (bicyclic) bond motifs is 1. The van der Waals surface area contributed by atoms with Crippen LogP contribution in [0, 0.1) is 17.7 Å². The molecule has 4 rings (SSSR count). The molecule has 0 atom stereocenters. The minimum atomic E-state index is -3.66. The van der Waals surface area contributed by atoms with Gasteiger partial charge >= 0.3 is 5.92 Å². The minimum absolute atomic E-state index is 0.296. The molecule has 4 aromatic rings. The second-order valence-corrected chi connectivity index (χ2v) is 7.31. The zero-order valence-corrected chi connectivity index (χ0v) is 17.5. The van der Waals surface area contributed by atoms with Crippen LogP contribution in [0.3, 0.4) is 0 Å². The smallest absolute Gasteiger partial charge is 0.331 e. The van der Waals surface area contributed by atoms with E-state index in [0.717, 1.165) is 11.1 Å². The number of alkyl halides is 2. The number of methoxy groups -OCH3 is 1. The number of rotatable bonds is 6. The molecule has 0 aliphatic rings. The Labute approximate surface area is 182 Å². The van der Waals surface area contributed by atoms with Crippen molar-refractivity contribution in [3.05, 3.63) is 71.7 Å². The number of pyridine rings is 1. The Morgan fingerprint density at radius 2 is 1.94 bits per heavy atom. The van der Waals surface area contributed by atoms with Crippen LogP contribution in [0.5, 0.6) is 0 Å². The number of hydrogen-bond donors (Lipinski definition) is 2. The lowest BCUT2D eigenvalue weighted by molar-refractivity contribution is 0.0696. The van der Waals surface area contributed by atoms with E-state index in [1.54, 1.807) is 37.2 Å². The molecule has 10 heteroatoms. The number of halogens is 2. The molecule has 0 amide bonds. The highest BCUT2D eigenvalue weighted by Gasteiger charge is 2.39. The number of aryl methyl sites for hydroxylation is 1.